The lowest BCUT2D eigenvalue weighted by atomic mass is 9.99. The van der Waals surface area contributed by atoms with Crippen molar-refractivity contribution in [2.45, 2.75) is 52.4 Å². The van der Waals surface area contributed by atoms with Crippen molar-refractivity contribution in [3.05, 3.63) is 23.8 Å². The third-order valence-corrected chi connectivity index (χ3v) is 5.48. The zero-order valence-electron chi connectivity index (χ0n) is 18.2. The van der Waals surface area contributed by atoms with E-state index in [1.54, 1.807) is 25.3 Å². The van der Waals surface area contributed by atoms with Crippen molar-refractivity contribution in [2.75, 3.05) is 39.9 Å². The molecule has 0 atom stereocenters. The number of hydrogen-bond donors (Lipinski definition) is 1. The Morgan fingerprint density at radius 1 is 1.14 bits per heavy atom. The molecule has 1 aliphatic heterocycles. The van der Waals surface area contributed by atoms with Crippen molar-refractivity contribution in [3.63, 3.8) is 0 Å². The van der Waals surface area contributed by atoms with Gasteiger partial charge in [-0.15, -0.1) is 0 Å². The molecule has 162 valence electrons. The van der Waals surface area contributed by atoms with Crippen LogP contribution in [0.5, 0.6) is 11.5 Å². The van der Waals surface area contributed by atoms with E-state index in [0.29, 0.717) is 36.5 Å². The number of ketones is 1. The van der Waals surface area contributed by atoms with Gasteiger partial charge in [-0.3, -0.25) is 9.59 Å². The maximum atomic E-state index is 12.0. The number of ether oxygens (including phenoxy) is 2. The molecule has 1 amide bonds. The molecule has 1 heterocycles. The molecule has 0 unspecified atom stereocenters. The Hall–Kier alpha value is -2.08. The fraction of sp³-hybridized carbons (Fsp3) is 0.652. The van der Waals surface area contributed by atoms with Gasteiger partial charge in [-0.05, 0) is 82.8 Å². The number of hydrogen-bond acceptors (Lipinski definition) is 5. The van der Waals surface area contributed by atoms with Crippen LogP contribution in [-0.2, 0) is 4.79 Å². The third kappa shape index (κ3) is 8.44. The summed E-state index contributed by atoms with van der Waals surface area (Å²) in [5.41, 5.74) is 0.587. The Bertz CT molecular complexity index is 654. The number of piperidine rings is 1. The molecule has 0 aliphatic carbocycles. The molecule has 1 aliphatic rings. The third-order valence-electron chi connectivity index (χ3n) is 5.48. The number of methoxy groups -OCH3 is 1. The van der Waals surface area contributed by atoms with Crippen LogP contribution >= 0.6 is 0 Å². The van der Waals surface area contributed by atoms with Crippen LogP contribution < -0.4 is 14.8 Å². The lowest BCUT2D eigenvalue weighted by molar-refractivity contribution is -0.121. The highest BCUT2D eigenvalue weighted by Crippen LogP contribution is 2.28. The molecule has 0 aromatic heterocycles. The van der Waals surface area contributed by atoms with Crippen LogP contribution in [0.15, 0.2) is 18.2 Å². The van der Waals surface area contributed by atoms with E-state index in [4.69, 9.17) is 9.47 Å². The first kappa shape index (κ1) is 23.2. The molecule has 2 rings (SSSR count). The van der Waals surface area contributed by atoms with E-state index in [-0.39, 0.29) is 11.7 Å². The monoisotopic (exact) mass is 404 g/mol. The zero-order valence-corrected chi connectivity index (χ0v) is 18.2. The molecule has 1 N–H and O–H groups in total. The summed E-state index contributed by atoms with van der Waals surface area (Å²) in [6, 6.07) is 5.13. The minimum Gasteiger partial charge on any atom is -0.493 e. The summed E-state index contributed by atoms with van der Waals surface area (Å²) in [6.07, 6.45) is 5.85. The highest BCUT2D eigenvalue weighted by Gasteiger charge is 2.14. The molecular formula is C23H36N2O4. The van der Waals surface area contributed by atoms with Crippen LogP contribution in [-0.4, -0.2) is 56.5 Å². The Labute approximate surface area is 174 Å². The number of amides is 1. The Balaban J connectivity index is 1.54. The predicted octanol–water partition coefficient (Wildman–Crippen LogP) is 3.69. The number of rotatable bonds is 12. The Morgan fingerprint density at radius 3 is 2.59 bits per heavy atom. The number of Topliss-reactive ketones (excluding diaryl/α,β-unsaturated/α-hetero) is 1. The van der Waals surface area contributed by atoms with Gasteiger partial charge in [0.15, 0.2) is 17.3 Å². The van der Waals surface area contributed by atoms with E-state index < -0.39 is 0 Å². The maximum absolute atomic E-state index is 12.0. The van der Waals surface area contributed by atoms with Crippen LogP contribution in [0.1, 0.15) is 62.7 Å². The van der Waals surface area contributed by atoms with Crippen LogP contribution in [0.2, 0.25) is 0 Å². The number of carbonyl (C=O) groups is 2. The van der Waals surface area contributed by atoms with Gasteiger partial charge in [-0.1, -0.05) is 6.92 Å². The molecule has 0 bridgehead atoms. The van der Waals surface area contributed by atoms with Gasteiger partial charge in [0, 0.05) is 18.5 Å². The van der Waals surface area contributed by atoms with Crippen molar-refractivity contribution >= 4 is 11.7 Å². The minimum absolute atomic E-state index is 0.0166. The van der Waals surface area contributed by atoms with Crippen LogP contribution in [0.4, 0.5) is 0 Å². The van der Waals surface area contributed by atoms with E-state index in [0.717, 1.165) is 31.8 Å². The lowest BCUT2D eigenvalue weighted by Gasteiger charge is -2.30. The predicted molar refractivity (Wildman–Crippen MR) is 115 cm³/mol. The van der Waals surface area contributed by atoms with E-state index in [1.165, 1.54) is 32.9 Å². The number of benzene rings is 1. The fourth-order valence-corrected chi connectivity index (χ4v) is 3.48. The second-order valence-corrected chi connectivity index (χ2v) is 7.96. The molecule has 1 saturated heterocycles. The Morgan fingerprint density at radius 2 is 1.90 bits per heavy atom. The molecule has 1 fully saturated rings. The summed E-state index contributed by atoms with van der Waals surface area (Å²) >= 11 is 0. The van der Waals surface area contributed by atoms with Crippen molar-refractivity contribution in [1.29, 1.82) is 0 Å². The highest BCUT2D eigenvalue weighted by atomic mass is 16.5. The van der Waals surface area contributed by atoms with E-state index >= 15 is 0 Å². The molecule has 6 heteroatoms. The largest absolute Gasteiger partial charge is 0.493 e. The van der Waals surface area contributed by atoms with Crippen molar-refractivity contribution in [2.24, 2.45) is 5.92 Å². The molecule has 0 radical (unpaired) electrons. The first-order valence-electron chi connectivity index (χ1n) is 10.8. The summed E-state index contributed by atoms with van der Waals surface area (Å²) in [6.45, 7) is 8.59. The topological polar surface area (TPSA) is 67.9 Å². The van der Waals surface area contributed by atoms with Gasteiger partial charge in [-0.25, -0.2) is 0 Å². The van der Waals surface area contributed by atoms with Crippen molar-refractivity contribution < 1.29 is 19.1 Å². The average molecular weight is 405 g/mol. The molecule has 6 nitrogen and oxygen atoms in total. The summed E-state index contributed by atoms with van der Waals surface area (Å²) in [7, 11) is 1.55. The Kier molecular flexibility index (Phi) is 9.98. The van der Waals surface area contributed by atoms with Crippen molar-refractivity contribution in [1.82, 2.24) is 10.2 Å². The highest BCUT2D eigenvalue weighted by molar-refractivity contribution is 5.94. The minimum atomic E-state index is -0.0166. The number of carbonyl (C=O) groups excluding carboxylic acids is 2. The summed E-state index contributed by atoms with van der Waals surface area (Å²) in [5, 5.41) is 2.99. The van der Waals surface area contributed by atoms with Crippen molar-refractivity contribution in [3.8, 4) is 11.5 Å². The molecule has 1 aromatic rings. The average Bonchev–Trinajstić information content (AvgIpc) is 2.72. The molecule has 29 heavy (non-hydrogen) atoms. The van der Waals surface area contributed by atoms with E-state index in [2.05, 4.69) is 17.1 Å². The standard InChI is InChI=1S/C23H36N2O4/c1-18-10-14-25(15-11-18)13-5-4-12-24-23(27)7-6-16-29-21-9-8-20(19(2)26)17-22(21)28-3/h8-9,17-18H,4-7,10-16H2,1-3H3,(H,24,27). The van der Waals surface area contributed by atoms with Gasteiger partial charge >= 0.3 is 0 Å². The summed E-state index contributed by atoms with van der Waals surface area (Å²) < 4.78 is 11.0. The van der Waals surface area contributed by atoms with Gasteiger partial charge in [0.1, 0.15) is 0 Å². The van der Waals surface area contributed by atoms with Crippen LogP contribution in [0.25, 0.3) is 0 Å². The number of likely N-dealkylation sites (tertiary alicyclic amines) is 1. The normalized spacial score (nSPS) is 15.1. The molecular weight excluding hydrogens is 368 g/mol. The van der Waals surface area contributed by atoms with Crippen LogP contribution in [0.3, 0.4) is 0 Å². The quantitative estimate of drug-likeness (QED) is 0.425. The number of nitrogens with zero attached hydrogens (tertiary/aromatic N) is 1. The molecule has 1 aromatic carbocycles. The van der Waals surface area contributed by atoms with Gasteiger partial charge in [0.05, 0.1) is 13.7 Å². The van der Waals surface area contributed by atoms with Gasteiger partial charge in [-0.2, -0.15) is 0 Å². The fourth-order valence-electron chi connectivity index (χ4n) is 3.48. The second kappa shape index (κ2) is 12.5. The molecule has 0 spiro atoms. The number of nitrogens with one attached hydrogen (secondary N) is 1. The first-order chi connectivity index (χ1) is 14.0. The smallest absolute Gasteiger partial charge is 0.220 e. The summed E-state index contributed by atoms with van der Waals surface area (Å²) in [4.78, 5) is 25.9. The van der Waals surface area contributed by atoms with Gasteiger partial charge in [0.2, 0.25) is 5.91 Å². The number of unbranched alkanes of at least 4 members (excludes halogenated alkanes) is 1. The second-order valence-electron chi connectivity index (χ2n) is 7.96. The van der Waals surface area contributed by atoms with E-state index in [9.17, 15) is 9.59 Å². The zero-order chi connectivity index (χ0) is 21.1. The van der Waals surface area contributed by atoms with Gasteiger partial charge < -0.3 is 19.7 Å². The lowest BCUT2D eigenvalue weighted by Crippen LogP contribution is -2.34. The maximum Gasteiger partial charge on any atom is 0.220 e. The van der Waals surface area contributed by atoms with Crippen LogP contribution in [0, 0.1) is 5.92 Å². The SMILES string of the molecule is COc1cc(C(C)=O)ccc1OCCCC(=O)NCCCCN1CCC(C)CC1. The summed E-state index contributed by atoms with van der Waals surface area (Å²) in [5.74, 6) is 2.04. The van der Waals surface area contributed by atoms with E-state index in [1.807, 2.05) is 0 Å². The van der Waals surface area contributed by atoms with Gasteiger partial charge in [0.25, 0.3) is 0 Å². The molecule has 0 saturated carbocycles. The first-order valence-corrected chi connectivity index (χ1v) is 10.8.